The summed E-state index contributed by atoms with van der Waals surface area (Å²) >= 11 is 0. The lowest BCUT2D eigenvalue weighted by atomic mass is 10.00. The lowest BCUT2D eigenvalue weighted by Crippen LogP contribution is -2.44. The molecule has 0 spiro atoms. The average molecular weight is 322 g/mol. The average Bonchev–Trinajstić information content (AvgIpc) is 2.59. The van der Waals surface area contributed by atoms with E-state index in [1.165, 1.54) is 16.7 Å². The smallest absolute Gasteiger partial charge is 0.242 e. The van der Waals surface area contributed by atoms with E-state index in [0.717, 1.165) is 25.2 Å². The van der Waals surface area contributed by atoms with E-state index in [0.29, 0.717) is 6.54 Å². The molecule has 126 valence electrons. The molecule has 0 bridgehead atoms. The molecule has 0 saturated carbocycles. The molecule has 24 heavy (non-hydrogen) atoms. The third-order valence-corrected chi connectivity index (χ3v) is 4.78. The van der Waals surface area contributed by atoms with Crippen LogP contribution in [0.5, 0.6) is 0 Å². The van der Waals surface area contributed by atoms with Gasteiger partial charge in [0.15, 0.2) is 0 Å². The standard InChI is InChI=1S/C21H26N2O/c1-16(2)23(20-10-8-17(3)9-11-20)15-21(24)22-13-12-18-6-4-5-7-19(18)14-22/h4-11,16H,12-15H2,1-3H3. The number of carbonyl (C=O) groups excluding carboxylic acids is 1. The number of amides is 1. The lowest BCUT2D eigenvalue weighted by Gasteiger charge is -2.34. The molecule has 0 aromatic heterocycles. The van der Waals surface area contributed by atoms with Crippen molar-refractivity contribution in [3.8, 4) is 0 Å². The zero-order valence-electron chi connectivity index (χ0n) is 14.8. The number of carbonyl (C=O) groups is 1. The van der Waals surface area contributed by atoms with Gasteiger partial charge in [-0.25, -0.2) is 0 Å². The number of hydrogen-bond acceptors (Lipinski definition) is 2. The molecule has 1 heterocycles. The van der Waals surface area contributed by atoms with E-state index in [4.69, 9.17) is 0 Å². The van der Waals surface area contributed by atoms with Gasteiger partial charge in [-0.2, -0.15) is 0 Å². The van der Waals surface area contributed by atoms with Crippen molar-refractivity contribution in [2.24, 2.45) is 0 Å². The summed E-state index contributed by atoms with van der Waals surface area (Å²) in [5.41, 5.74) is 5.01. The van der Waals surface area contributed by atoms with Gasteiger partial charge in [-0.3, -0.25) is 4.79 Å². The molecule has 1 amide bonds. The highest BCUT2D eigenvalue weighted by atomic mass is 16.2. The topological polar surface area (TPSA) is 23.6 Å². The van der Waals surface area contributed by atoms with E-state index in [1.807, 2.05) is 4.90 Å². The largest absolute Gasteiger partial charge is 0.360 e. The van der Waals surface area contributed by atoms with Gasteiger partial charge in [0.2, 0.25) is 5.91 Å². The molecular weight excluding hydrogens is 296 g/mol. The Balaban J connectivity index is 1.71. The SMILES string of the molecule is Cc1ccc(N(CC(=O)N2CCc3ccccc3C2)C(C)C)cc1. The first-order valence-electron chi connectivity index (χ1n) is 8.72. The predicted molar refractivity (Wildman–Crippen MR) is 99.2 cm³/mol. The minimum atomic E-state index is 0.207. The van der Waals surface area contributed by atoms with Gasteiger partial charge < -0.3 is 9.80 Å². The van der Waals surface area contributed by atoms with Gasteiger partial charge in [0.1, 0.15) is 0 Å². The molecule has 0 aliphatic carbocycles. The van der Waals surface area contributed by atoms with Crippen LogP contribution in [0.2, 0.25) is 0 Å². The van der Waals surface area contributed by atoms with Crippen LogP contribution in [0.25, 0.3) is 0 Å². The molecular formula is C21H26N2O. The van der Waals surface area contributed by atoms with Crippen molar-refractivity contribution in [1.29, 1.82) is 0 Å². The van der Waals surface area contributed by atoms with E-state index in [-0.39, 0.29) is 11.9 Å². The Morgan fingerprint density at radius 2 is 1.75 bits per heavy atom. The van der Waals surface area contributed by atoms with Crippen LogP contribution in [0.15, 0.2) is 48.5 Å². The Hall–Kier alpha value is -2.29. The molecule has 3 heteroatoms. The lowest BCUT2D eigenvalue weighted by molar-refractivity contribution is -0.130. The molecule has 0 atom stereocenters. The summed E-state index contributed by atoms with van der Waals surface area (Å²) in [7, 11) is 0. The van der Waals surface area contributed by atoms with Crippen LogP contribution in [0.3, 0.4) is 0 Å². The predicted octanol–water partition coefficient (Wildman–Crippen LogP) is 3.79. The third kappa shape index (κ3) is 3.61. The van der Waals surface area contributed by atoms with E-state index in [2.05, 4.69) is 74.2 Å². The second kappa shape index (κ2) is 7.08. The Morgan fingerprint density at radius 3 is 2.42 bits per heavy atom. The highest BCUT2D eigenvalue weighted by Crippen LogP contribution is 2.21. The summed E-state index contributed by atoms with van der Waals surface area (Å²) in [6.45, 7) is 8.34. The van der Waals surface area contributed by atoms with Gasteiger partial charge >= 0.3 is 0 Å². The van der Waals surface area contributed by atoms with E-state index < -0.39 is 0 Å². The molecule has 0 fully saturated rings. The van der Waals surface area contributed by atoms with Gasteiger partial charge in [-0.05, 0) is 50.5 Å². The first kappa shape index (κ1) is 16.6. The molecule has 3 nitrogen and oxygen atoms in total. The first-order valence-corrected chi connectivity index (χ1v) is 8.72. The summed E-state index contributed by atoms with van der Waals surface area (Å²) in [6, 6.07) is 17.1. The van der Waals surface area contributed by atoms with Crippen LogP contribution in [0, 0.1) is 6.92 Å². The second-order valence-corrected chi connectivity index (χ2v) is 6.89. The Kier molecular flexibility index (Phi) is 4.89. The van der Waals surface area contributed by atoms with Crippen molar-refractivity contribution in [2.75, 3.05) is 18.0 Å². The summed E-state index contributed by atoms with van der Waals surface area (Å²) < 4.78 is 0. The Morgan fingerprint density at radius 1 is 1.08 bits per heavy atom. The Bertz CT molecular complexity index is 706. The van der Waals surface area contributed by atoms with Crippen molar-refractivity contribution in [1.82, 2.24) is 4.90 Å². The molecule has 2 aromatic carbocycles. The van der Waals surface area contributed by atoms with E-state index in [1.54, 1.807) is 0 Å². The van der Waals surface area contributed by atoms with E-state index >= 15 is 0 Å². The summed E-state index contributed by atoms with van der Waals surface area (Å²) in [5, 5.41) is 0. The maximum absolute atomic E-state index is 12.8. The number of rotatable bonds is 4. The van der Waals surface area contributed by atoms with Crippen LogP contribution in [-0.4, -0.2) is 29.9 Å². The quantitative estimate of drug-likeness (QED) is 0.855. The van der Waals surface area contributed by atoms with Crippen LogP contribution in [-0.2, 0) is 17.8 Å². The molecule has 2 aromatic rings. The maximum Gasteiger partial charge on any atom is 0.242 e. The number of hydrogen-bond donors (Lipinski definition) is 0. The molecule has 0 unspecified atom stereocenters. The number of fused-ring (bicyclic) bond motifs is 1. The maximum atomic E-state index is 12.8. The molecule has 0 saturated heterocycles. The molecule has 0 radical (unpaired) electrons. The van der Waals surface area contributed by atoms with Crippen molar-refractivity contribution in [3.63, 3.8) is 0 Å². The highest BCUT2D eigenvalue weighted by Gasteiger charge is 2.23. The van der Waals surface area contributed by atoms with Crippen LogP contribution >= 0.6 is 0 Å². The van der Waals surface area contributed by atoms with Crippen LogP contribution in [0.1, 0.15) is 30.5 Å². The third-order valence-electron chi connectivity index (χ3n) is 4.78. The van der Waals surface area contributed by atoms with Gasteiger partial charge in [0.05, 0.1) is 6.54 Å². The minimum Gasteiger partial charge on any atom is -0.360 e. The monoisotopic (exact) mass is 322 g/mol. The van der Waals surface area contributed by atoms with E-state index in [9.17, 15) is 4.79 Å². The van der Waals surface area contributed by atoms with Crippen molar-refractivity contribution >= 4 is 11.6 Å². The van der Waals surface area contributed by atoms with Gasteiger partial charge in [0.25, 0.3) is 0 Å². The fourth-order valence-corrected chi connectivity index (χ4v) is 3.26. The number of aryl methyl sites for hydroxylation is 1. The van der Waals surface area contributed by atoms with Crippen molar-refractivity contribution < 1.29 is 4.79 Å². The van der Waals surface area contributed by atoms with Gasteiger partial charge in [0, 0.05) is 24.8 Å². The fraction of sp³-hybridized carbons (Fsp3) is 0.381. The minimum absolute atomic E-state index is 0.207. The number of anilines is 1. The van der Waals surface area contributed by atoms with Crippen molar-refractivity contribution in [3.05, 3.63) is 65.2 Å². The molecule has 3 rings (SSSR count). The zero-order chi connectivity index (χ0) is 17.1. The number of benzene rings is 2. The van der Waals surface area contributed by atoms with Gasteiger partial charge in [-0.1, -0.05) is 42.0 Å². The normalized spacial score (nSPS) is 13.8. The van der Waals surface area contributed by atoms with Crippen LogP contribution < -0.4 is 4.90 Å². The highest BCUT2D eigenvalue weighted by molar-refractivity contribution is 5.82. The van der Waals surface area contributed by atoms with Crippen LogP contribution in [0.4, 0.5) is 5.69 Å². The number of nitrogens with zero attached hydrogens (tertiary/aromatic N) is 2. The summed E-state index contributed by atoms with van der Waals surface area (Å²) in [4.78, 5) is 17.0. The van der Waals surface area contributed by atoms with Crippen molar-refractivity contribution in [2.45, 2.75) is 39.8 Å². The second-order valence-electron chi connectivity index (χ2n) is 6.89. The summed E-state index contributed by atoms with van der Waals surface area (Å²) in [5.74, 6) is 0.207. The summed E-state index contributed by atoms with van der Waals surface area (Å²) in [6.07, 6.45) is 0.953. The molecule has 0 N–H and O–H groups in total. The fourth-order valence-electron chi connectivity index (χ4n) is 3.26. The van der Waals surface area contributed by atoms with Gasteiger partial charge in [-0.15, -0.1) is 0 Å². The first-order chi connectivity index (χ1) is 11.5. The Labute approximate surface area is 144 Å². The molecule has 1 aliphatic rings. The zero-order valence-corrected chi connectivity index (χ0v) is 14.8. The molecule has 1 aliphatic heterocycles.